The third kappa shape index (κ3) is 2.08. The zero-order chi connectivity index (χ0) is 16.0. The fourth-order valence-electron chi connectivity index (χ4n) is 3.82. The van der Waals surface area contributed by atoms with Crippen LogP contribution in [-0.2, 0) is 0 Å². The Morgan fingerprint density at radius 1 is 0.545 bits per heavy atom. The van der Waals surface area contributed by atoms with E-state index in [2.05, 4.69) is 72.1 Å². The first-order valence-corrected chi connectivity index (χ1v) is 7.65. The lowest BCUT2D eigenvalue weighted by atomic mass is 9.35. The van der Waals surface area contributed by atoms with Crippen LogP contribution < -0.4 is 16.4 Å². The Morgan fingerprint density at radius 3 is 1.00 bits per heavy atom. The molecule has 3 N–H and O–H groups in total. The molecule has 0 bridgehead atoms. The molecule has 0 aliphatic carbocycles. The minimum Gasteiger partial charge on any atom is -0.286 e. The number of hydrogen-bond donors (Lipinski definition) is 3. The van der Waals surface area contributed by atoms with Crippen molar-refractivity contribution in [2.45, 2.75) is 41.5 Å². The lowest BCUT2D eigenvalue weighted by molar-refractivity contribution is 1.02. The molecule has 3 heterocycles. The maximum atomic E-state index is 4.41. The molecule has 0 saturated carbocycles. The highest BCUT2D eigenvalue weighted by molar-refractivity contribution is 6.96. The van der Waals surface area contributed by atoms with Gasteiger partial charge in [-0.1, -0.05) is 0 Å². The minimum atomic E-state index is -0.976. The molecule has 0 unspecified atom stereocenters. The van der Waals surface area contributed by atoms with Gasteiger partial charge in [0.25, 0.3) is 0 Å². The standard InChI is InChI=1S/C15H22BN6/c1-7-13(8(2)18-17-7)16(14-9(3)19-20-10(14)4)15-11(5)21-22-12(15)6/h16H,1-6H3,(H,17,18)(H,19,20)(H,21,22)/q-1. The molecule has 6 nitrogen and oxygen atoms in total. The average Bonchev–Trinajstić information content (AvgIpc) is 3.08. The molecule has 3 rings (SSSR count). The Morgan fingerprint density at radius 2 is 0.818 bits per heavy atom. The highest BCUT2D eigenvalue weighted by Crippen LogP contribution is 2.07. The summed E-state index contributed by atoms with van der Waals surface area (Å²) in [4.78, 5) is 0. The summed E-state index contributed by atoms with van der Waals surface area (Å²) in [7, 11) is 0. The van der Waals surface area contributed by atoms with Crippen LogP contribution in [-0.4, -0.2) is 37.3 Å². The number of nitrogens with one attached hydrogen (secondary N) is 3. The van der Waals surface area contributed by atoms with E-state index in [-0.39, 0.29) is 0 Å². The first kappa shape index (κ1) is 14.6. The first-order valence-electron chi connectivity index (χ1n) is 7.65. The van der Waals surface area contributed by atoms with Crippen molar-refractivity contribution in [3.63, 3.8) is 0 Å². The third-order valence-electron chi connectivity index (χ3n) is 4.90. The Bertz CT molecular complexity index is 657. The number of hydrogen-bond acceptors (Lipinski definition) is 3. The predicted octanol–water partition coefficient (Wildman–Crippen LogP) is -0.0451. The Labute approximate surface area is 130 Å². The zero-order valence-electron chi connectivity index (χ0n) is 14.0. The van der Waals surface area contributed by atoms with Gasteiger partial charge in [-0.25, -0.2) is 0 Å². The summed E-state index contributed by atoms with van der Waals surface area (Å²) in [6.07, 6.45) is 0. The second kappa shape index (κ2) is 5.16. The Balaban J connectivity index is 2.34. The molecule has 0 aromatic carbocycles. The maximum absolute atomic E-state index is 4.41. The topological polar surface area (TPSA) is 86.0 Å². The lowest BCUT2D eigenvalue weighted by Crippen LogP contribution is -2.56. The zero-order valence-corrected chi connectivity index (χ0v) is 14.0. The van der Waals surface area contributed by atoms with Gasteiger partial charge in [0, 0.05) is 17.1 Å². The van der Waals surface area contributed by atoms with Crippen molar-refractivity contribution in [1.29, 1.82) is 0 Å². The Hall–Kier alpha value is -2.31. The van der Waals surface area contributed by atoms with Crippen LogP contribution in [0.4, 0.5) is 0 Å². The van der Waals surface area contributed by atoms with Gasteiger partial charge in [0.2, 0.25) is 0 Å². The van der Waals surface area contributed by atoms with Crippen LogP contribution in [0, 0.1) is 41.5 Å². The van der Waals surface area contributed by atoms with Crippen LogP contribution in [0.1, 0.15) is 34.2 Å². The van der Waals surface area contributed by atoms with Crippen LogP contribution in [0.5, 0.6) is 0 Å². The summed E-state index contributed by atoms with van der Waals surface area (Å²) in [6.45, 7) is 11.5. The summed E-state index contributed by atoms with van der Waals surface area (Å²) >= 11 is 0. The van der Waals surface area contributed by atoms with Crippen molar-refractivity contribution in [3.8, 4) is 0 Å². The first-order chi connectivity index (χ1) is 10.4. The molecule has 0 saturated heterocycles. The van der Waals surface area contributed by atoms with E-state index in [9.17, 15) is 0 Å². The van der Waals surface area contributed by atoms with E-state index in [4.69, 9.17) is 0 Å². The monoisotopic (exact) mass is 297 g/mol. The van der Waals surface area contributed by atoms with Crippen LogP contribution in [0.15, 0.2) is 0 Å². The largest absolute Gasteiger partial charge is 0.286 e. The fourth-order valence-corrected chi connectivity index (χ4v) is 3.82. The molecule has 116 valence electrons. The molecule has 3 aromatic rings. The van der Waals surface area contributed by atoms with Crippen molar-refractivity contribution in [2.24, 2.45) is 0 Å². The van der Waals surface area contributed by atoms with E-state index in [0.717, 1.165) is 34.2 Å². The quantitative estimate of drug-likeness (QED) is 0.593. The molecule has 0 fully saturated rings. The van der Waals surface area contributed by atoms with E-state index in [1.807, 2.05) is 0 Å². The number of rotatable bonds is 3. The second-order valence-corrected chi connectivity index (χ2v) is 6.27. The van der Waals surface area contributed by atoms with Gasteiger partial charge in [-0.2, -0.15) is 31.7 Å². The van der Waals surface area contributed by atoms with Crippen LogP contribution in [0.3, 0.4) is 0 Å². The fraction of sp³-hybridized carbons (Fsp3) is 0.400. The molecule has 0 spiro atoms. The molecule has 7 heteroatoms. The number of aromatic nitrogens is 6. The van der Waals surface area contributed by atoms with Crippen molar-refractivity contribution >= 4 is 23.1 Å². The van der Waals surface area contributed by atoms with E-state index in [1.165, 1.54) is 16.4 Å². The molecule has 0 atom stereocenters. The Kier molecular flexibility index (Phi) is 3.43. The number of aryl methyl sites for hydroxylation is 6. The molecule has 3 aromatic heterocycles. The van der Waals surface area contributed by atoms with Crippen LogP contribution in [0.2, 0.25) is 0 Å². The van der Waals surface area contributed by atoms with Crippen molar-refractivity contribution in [3.05, 3.63) is 34.2 Å². The normalized spacial score (nSPS) is 11.6. The molecule has 0 radical (unpaired) electrons. The van der Waals surface area contributed by atoms with Crippen molar-refractivity contribution in [1.82, 2.24) is 30.6 Å². The molecular weight excluding hydrogens is 275 g/mol. The van der Waals surface area contributed by atoms with Gasteiger partial charge >= 0.3 is 0 Å². The van der Waals surface area contributed by atoms with E-state index in [0.29, 0.717) is 0 Å². The summed E-state index contributed by atoms with van der Waals surface area (Å²) in [5.41, 5.74) is 10.4. The lowest BCUT2D eigenvalue weighted by Gasteiger charge is -2.27. The SMILES string of the molecule is Cc1n[nH]c(C)c1[BH-](c1c(C)n[nH]c1C)c1c(C)n[nH]c1C. The molecular formula is C15H22BN6-. The number of nitrogens with zero attached hydrogens (tertiary/aromatic N) is 3. The summed E-state index contributed by atoms with van der Waals surface area (Å²) in [6, 6.07) is 0. The number of aromatic amines is 3. The maximum Gasteiger partial charge on any atom is 0.0801 e. The van der Waals surface area contributed by atoms with E-state index < -0.39 is 6.71 Å². The van der Waals surface area contributed by atoms with E-state index >= 15 is 0 Å². The van der Waals surface area contributed by atoms with Crippen molar-refractivity contribution < 1.29 is 0 Å². The van der Waals surface area contributed by atoms with Gasteiger partial charge in [0.15, 0.2) is 0 Å². The van der Waals surface area contributed by atoms with Gasteiger partial charge in [0.1, 0.15) is 0 Å². The highest BCUT2D eigenvalue weighted by Gasteiger charge is 2.23. The summed E-state index contributed by atoms with van der Waals surface area (Å²) in [5, 5.41) is 22.6. The van der Waals surface area contributed by atoms with Gasteiger partial charge in [-0.05, 0) is 58.6 Å². The minimum absolute atomic E-state index is 0.976. The van der Waals surface area contributed by atoms with Crippen LogP contribution >= 0.6 is 0 Å². The smallest absolute Gasteiger partial charge is 0.0801 e. The summed E-state index contributed by atoms with van der Waals surface area (Å²) < 4.78 is 0. The average molecular weight is 297 g/mol. The van der Waals surface area contributed by atoms with Gasteiger partial charge in [-0.15, -0.1) is 0 Å². The highest BCUT2D eigenvalue weighted by atomic mass is 15.1. The summed E-state index contributed by atoms with van der Waals surface area (Å²) in [5.74, 6) is 0. The molecule has 0 amide bonds. The third-order valence-corrected chi connectivity index (χ3v) is 4.90. The van der Waals surface area contributed by atoms with Gasteiger partial charge in [-0.3, -0.25) is 15.3 Å². The predicted molar refractivity (Wildman–Crippen MR) is 90.2 cm³/mol. The van der Waals surface area contributed by atoms with E-state index in [1.54, 1.807) is 0 Å². The molecule has 0 aliphatic heterocycles. The molecule has 0 aliphatic rings. The van der Waals surface area contributed by atoms with Gasteiger partial charge in [0.05, 0.1) is 6.71 Å². The van der Waals surface area contributed by atoms with Gasteiger partial charge < -0.3 is 0 Å². The van der Waals surface area contributed by atoms with Crippen molar-refractivity contribution in [2.75, 3.05) is 0 Å². The number of H-pyrrole nitrogens is 3. The second-order valence-electron chi connectivity index (χ2n) is 6.27. The molecule has 22 heavy (non-hydrogen) atoms. The van der Waals surface area contributed by atoms with Crippen LogP contribution in [0.25, 0.3) is 0 Å².